The molecule has 1 aromatic heterocycles. The lowest BCUT2D eigenvalue weighted by molar-refractivity contribution is -0.140. The summed E-state index contributed by atoms with van der Waals surface area (Å²) >= 11 is 0. The SMILES string of the molecule is CC(=O)N1CCC(C(=O)N2CCc3oc(C(C)(C)C)nc3C2)CC1. The molecule has 6 nitrogen and oxygen atoms in total. The van der Waals surface area contributed by atoms with Crippen LogP contribution in [0.2, 0.25) is 0 Å². The molecular weight excluding hydrogens is 306 g/mol. The highest BCUT2D eigenvalue weighted by Gasteiger charge is 2.33. The van der Waals surface area contributed by atoms with Gasteiger partial charge in [-0.3, -0.25) is 9.59 Å². The maximum Gasteiger partial charge on any atom is 0.226 e. The number of carbonyl (C=O) groups is 2. The molecule has 6 heteroatoms. The fourth-order valence-corrected chi connectivity index (χ4v) is 3.41. The summed E-state index contributed by atoms with van der Waals surface area (Å²) in [5, 5.41) is 0. The molecule has 2 amide bonds. The van der Waals surface area contributed by atoms with Crippen LogP contribution >= 0.6 is 0 Å². The zero-order valence-electron chi connectivity index (χ0n) is 15.1. The Balaban J connectivity index is 1.64. The second kappa shape index (κ2) is 6.22. The van der Waals surface area contributed by atoms with Crippen molar-refractivity contribution < 1.29 is 14.0 Å². The molecule has 0 N–H and O–H groups in total. The van der Waals surface area contributed by atoms with Gasteiger partial charge in [0.2, 0.25) is 11.8 Å². The van der Waals surface area contributed by atoms with Crippen LogP contribution in [0.5, 0.6) is 0 Å². The molecule has 132 valence electrons. The summed E-state index contributed by atoms with van der Waals surface area (Å²) in [6.07, 6.45) is 2.25. The topological polar surface area (TPSA) is 66.7 Å². The minimum atomic E-state index is -0.119. The van der Waals surface area contributed by atoms with E-state index in [1.165, 1.54) is 0 Å². The van der Waals surface area contributed by atoms with Crippen LogP contribution in [0.3, 0.4) is 0 Å². The number of hydrogen-bond donors (Lipinski definition) is 0. The first-order chi connectivity index (χ1) is 11.3. The maximum atomic E-state index is 12.8. The van der Waals surface area contributed by atoms with E-state index in [4.69, 9.17) is 4.42 Å². The zero-order valence-corrected chi connectivity index (χ0v) is 15.1. The molecule has 1 fully saturated rings. The van der Waals surface area contributed by atoms with Crippen LogP contribution in [0.1, 0.15) is 57.9 Å². The molecule has 0 saturated carbocycles. The van der Waals surface area contributed by atoms with E-state index in [-0.39, 0.29) is 23.1 Å². The van der Waals surface area contributed by atoms with Crippen LogP contribution in [0.4, 0.5) is 0 Å². The van der Waals surface area contributed by atoms with Crippen molar-refractivity contribution in [2.45, 2.75) is 58.9 Å². The number of oxazole rings is 1. The predicted octanol–water partition coefficient (Wildman–Crippen LogP) is 2.12. The Bertz CT molecular complexity index is 636. The molecule has 2 aliphatic rings. The fraction of sp³-hybridized carbons (Fsp3) is 0.722. The number of carbonyl (C=O) groups excluding carboxylic acids is 2. The first-order valence-electron chi connectivity index (χ1n) is 8.79. The smallest absolute Gasteiger partial charge is 0.226 e. The van der Waals surface area contributed by atoms with Crippen molar-refractivity contribution in [3.8, 4) is 0 Å². The number of hydrogen-bond acceptors (Lipinski definition) is 4. The van der Waals surface area contributed by atoms with E-state index in [2.05, 4.69) is 25.8 Å². The lowest BCUT2D eigenvalue weighted by Gasteiger charge is -2.34. The van der Waals surface area contributed by atoms with Crippen LogP contribution in [-0.2, 0) is 28.0 Å². The molecule has 0 bridgehead atoms. The zero-order chi connectivity index (χ0) is 17.5. The van der Waals surface area contributed by atoms with Gasteiger partial charge in [0.15, 0.2) is 5.89 Å². The third kappa shape index (κ3) is 3.32. The van der Waals surface area contributed by atoms with Gasteiger partial charge in [0.25, 0.3) is 0 Å². The van der Waals surface area contributed by atoms with Gasteiger partial charge >= 0.3 is 0 Å². The van der Waals surface area contributed by atoms with E-state index in [0.717, 1.165) is 36.6 Å². The molecular formula is C18H27N3O3. The van der Waals surface area contributed by atoms with Gasteiger partial charge < -0.3 is 14.2 Å². The van der Waals surface area contributed by atoms with Gasteiger partial charge in [0, 0.05) is 44.3 Å². The number of piperidine rings is 1. The number of aromatic nitrogens is 1. The second-order valence-corrected chi connectivity index (χ2v) is 7.93. The molecule has 24 heavy (non-hydrogen) atoms. The summed E-state index contributed by atoms with van der Waals surface area (Å²) in [5.41, 5.74) is 0.784. The van der Waals surface area contributed by atoms with Crippen molar-refractivity contribution in [1.29, 1.82) is 0 Å². The van der Waals surface area contributed by atoms with Gasteiger partial charge in [-0.1, -0.05) is 20.8 Å². The highest BCUT2D eigenvalue weighted by molar-refractivity contribution is 5.80. The maximum absolute atomic E-state index is 12.8. The summed E-state index contributed by atoms with van der Waals surface area (Å²) < 4.78 is 5.89. The minimum Gasteiger partial charge on any atom is -0.445 e. The highest BCUT2D eigenvalue weighted by atomic mass is 16.4. The Morgan fingerprint density at radius 1 is 1.12 bits per heavy atom. The first-order valence-corrected chi connectivity index (χ1v) is 8.79. The molecule has 0 unspecified atom stereocenters. The fourth-order valence-electron chi connectivity index (χ4n) is 3.41. The molecule has 0 atom stereocenters. The van der Waals surface area contributed by atoms with Crippen molar-refractivity contribution in [3.05, 3.63) is 17.3 Å². The number of likely N-dealkylation sites (tertiary alicyclic amines) is 1. The van der Waals surface area contributed by atoms with Crippen molar-refractivity contribution in [2.24, 2.45) is 5.92 Å². The van der Waals surface area contributed by atoms with E-state index in [0.29, 0.717) is 26.2 Å². The largest absolute Gasteiger partial charge is 0.445 e. The van der Waals surface area contributed by atoms with E-state index in [1.807, 2.05) is 9.80 Å². The minimum absolute atomic E-state index is 0.0242. The van der Waals surface area contributed by atoms with Gasteiger partial charge in [0.1, 0.15) is 11.5 Å². The summed E-state index contributed by atoms with van der Waals surface area (Å²) in [6, 6.07) is 0. The van der Waals surface area contributed by atoms with Gasteiger partial charge in [-0.25, -0.2) is 4.98 Å². The third-order valence-corrected chi connectivity index (χ3v) is 4.97. The van der Waals surface area contributed by atoms with E-state index in [1.54, 1.807) is 6.92 Å². The van der Waals surface area contributed by atoms with Crippen LogP contribution in [0.25, 0.3) is 0 Å². The Labute approximate surface area is 143 Å². The lowest BCUT2D eigenvalue weighted by Crippen LogP contribution is -2.45. The first kappa shape index (κ1) is 17.0. The van der Waals surface area contributed by atoms with Gasteiger partial charge in [-0.2, -0.15) is 0 Å². The van der Waals surface area contributed by atoms with Gasteiger partial charge in [-0.15, -0.1) is 0 Å². The van der Waals surface area contributed by atoms with E-state index < -0.39 is 0 Å². The van der Waals surface area contributed by atoms with Crippen LogP contribution < -0.4 is 0 Å². The van der Waals surface area contributed by atoms with E-state index in [9.17, 15) is 9.59 Å². The molecule has 1 aromatic rings. The Morgan fingerprint density at radius 2 is 1.79 bits per heavy atom. The summed E-state index contributed by atoms with van der Waals surface area (Å²) in [7, 11) is 0. The Hall–Kier alpha value is -1.85. The summed E-state index contributed by atoms with van der Waals surface area (Å²) in [4.78, 5) is 32.6. The molecule has 0 aliphatic carbocycles. The van der Waals surface area contributed by atoms with Crippen molar-refractivity contribution >= 4 is 11.8 Å². The van der Waals surface area contributed by atoms with Gasteiger partial charge in [0.05, 0.1) is 6.54 Å². The number of fused-ring (bicyclic) bond motifs is 1. The average molecular weight is 333 g/mol. The molecule has 3 rings (SSSR count). The van der Waals surface area contributed by atoms with Crippen molar-refractivity contribution in [2.75, 3.05) is 19.6 Å². The molecule has 2 aliphatic heterocycles. The molecule has 0 aromatic carbocycles. The number of rotatable bonds is 1. The molecule has 1 saturated heterocycles. The predicted molar refractivity (Wildman–Crippen MR) is 89.3 cm³/mol. The Kier molecular flexibility index (Phi) is 4.40. The quantitative estimate of drug-likeness (QED) is 0.789. The average Bonchev–Trinajstić information content (AvgIpc) is 2.97. The summed E-state index contributed by atoms with van der Waals surface area (Å²) in [6.45, 7) is 10.4. The second-order valence-electron chi connectivity index (χ2n) is 7.93. The van der Waals surface area contributed by atoms with Crippen LogP contribution in [0, 0.1) is 5.92 Å². The van der Waals surface area contributed by atoms with Gasteiger partial charge in [-0.05, 0) is 12.8 Å². The van der Waals surface area contributed by atoms with Crippen molar-refractivity contribution in [3.63, 3.8) is 0 Å². The molecule has 0 spiro atoms. The number of amides is 2. The van der Waals surface area contributed by atoms with Crippen LogP contribution in [-0.4, -0.2) is 46.2 Å². The van der Waals surface area contributed by atoms with E-state index >= 15 is 0 Å². The number of nitrogens with zero attached hydrogens (tertiary/aromatic N) is 3. The lowest BCUT2D eigenvalue weighted by atomic mass is 9.94. The monoisotopic (exact) mass is 333 g/mol. The summed E-state index contributed by atoms with van der Waals surface area (Å²) in [5.74, 6) is 1.99. The Morgan fingerprint density at radius 3 is 2.38 bits per heavy atom. The van der Waals surface area contributed by atoms with Crippen molar-refractivity contribution in [1.82, 2.24) is 14.8 Å². The third-order valence-electron chi connectivity index (χ3n) is 4.97. The van der Waals surface area contributed by atoms with Crippen LogP contribution in [0.15, 0.2) is 4.42 Å². The normalized spacial score (nSPS) is 19.3. The standard InChI is InChI=1S/C18H27N3O3/c1-12(22)20-8-5-13(6-9-20)16(23)21-10-7-15-14(11-21)19-17(24-15)18(2,3)4/h13H,5-11H2,1-4H3. The highest BCUT2D eigenvalue weighted by Crippen LogP contribution is 2.29. The molecule has 0 radical (unpaired) electrons. The molecule has 3 heterocycles.